The first-order valence-electron chi connectivity index (χ1n) is 4.98. The predicted molar refractivity (Wildman–Crippen MR) is 57.1 cm³/mol. The molecule has 0 aliphatic carbocycles. The number of nitrogens with two attached hydrogens (primary N) is 1. The first kappa shape index (κ1) is 12.4. The van der Waals surface area contributed by atoms with Crippen molar-refractivity contribution in [2.24, 2.45) is 12.8 Å². The van der Waals surface area contributed by atoms with Gasteiger partial charge in [-0.05, 0) is 13.8 Å². The number of aromatic nitrogens is 2. The topological polar surface area (TPSA) is 87.2 Å². The molecule has 1 atom stereocenters. The Morgan fingerprint density at radius 3 is 2.75 bits per heavy atom. The summed E-state index contributed by atoms with van der Waals surface area (Å²) < 4.78 is 6.19. The van der Waals surface area contributed by atoms with E-state index in [2.05, 4.69) is 5.10 Å². The van der Waals surface area contributed by atoms with Gasteiger partial charge in [-0.15, -0.1) is 0 Å². The number of carbonyl (C=O) groups excluding carboxylic acids is 2. The standard InChI is InChI=1S/C10H15N3O3/c1-4-16-10(15)8-7(5-13(3)12-8)9(14)6(2)11/h5-6H,4,11H2,1-3H3. The van der Waals surface area contributed by atoms with Crippen LogP contribution in [0.3, 0.4) is 0 Å². The zero-order chi connectivity index (χ0) is 12.3. The molecule has 0 aromatic carbocycles. The van der Waals surface area contributed by atoms with E-state index in [-0.39, 0.29) is 23.6 Å². The van der Waals surface area contributed by atoms with Crippen LogP contribution >= 0.6 is 0 Å². The minimum Gasteiger partial charge on any atom is -0.461 e. The van der Waals surface area contributed by atoms with Crippen LogP contribution in [0.25, 0.3) is 0 Å². The molecule has 16 heavy (non-hydrogen) atoms. The fraction of sp³-hybridized carbons (Fsp3) is 0.500. The molecule has 0 bridgehead atoms. The van der Waals surface area contributed by atoms with Crippen LogP contribution in [-0.2, 0) is 11.8 Å². The highest BCUT2D eigenvalue weighted by molar-refractivity contribution is 6.07. The van der Waals surface area contributed by atoms with Gasteiger partial charge in [-0.25, -0.2) is 4.79 Å². The number of Topliss-reactive ketones (excluding diaryl/α,β-unsaturated/α-hetero) is 1. The summed E-state index contributed by atoms with van der Waals surface area (Å²) in [6, 6.07) is -0.669. The Hall–Kier alpha value is -1.69. The van der Waals surface area contributed by atoms with Crippen molar-refractivity contribution in [3.05, 3.63) is 17.5 Å². The molecule has 0 fully saturated rings. The molecular weight excluding hydrogens is 210 g/mol. The zero-order valence-corrected chi connectivity index (χ0v) is 9.56. The Bertz CT molecular complexity index is 409. The van der Waals surface area contributed by atoms with Crippen molar-refractivity contribution in [1.82, 2.24) is 9.78 Å². The van der Waals surface area contributed by atoms with E-state index in [0.717, 1.165) is 0 Å². The molecule has 6 heteroatoms. The van der Waals surface area contributed by atoms with E-state index in [1.807, 2.05) is 0 Å². The lowest BCUT2D eigenvalue weighted by Gasteiger charge is -2.03. The Balaban J connectivity index is 3.09. The Kier molecular flexibility index (Phi) is 3.78. The molecular formula is C10H15N3O3. The SMILES string of the molecule is CCOC(=O)c1nn(C)cc1C(=O)C(C)N. The fourth-order valence-corrected chi connectivity index (χ4v) is 1.26. The van der Waals surface area contributed by atoms with Crippen LogP contribution < -0.4 is 5.73 Å². The van der Waals surface area contributed by atoms with Gasteiger partial charge in [0, 0.05) is 13.2 Å². The van der Waals surface area contributed by atoms with Crippen molar-refractivity contribution in [2.45, 2.75) is 19.9 Å². The average molecular weight is 225 g/mol. The highest BCUT2D eigenvalue weighted by atomic mass is 16.5. The lowest BCUT2D eigenvalue weighted by molar-refractivity contribution is 0.0515. The minimum absolute atomic E-state index is 0.0200. The van der Waals surface area contributed by atoms with E-state index < -0.39 is 12.0 Å². The molecule has 0 spiro atoms. The van der Waals surface area contributed by atoms with Crippen LogP contribution in [0.15, 0.2) is 6.20 Å². The number of rotatable bonds is 4. The third-order valence-electron chi connectivity index (χ3n) is 1.98. The molecule has 1 rings (SSSR count). The summed E-state index contributed by atoms with van der Waals surface area (Å²) in [6.07, 6.45) is 1.47. The van der Waals surface area contributed by atoms with Crippen LogP contribution in [0, 0.1) is 0 Å². The van der Waals surface area contributed by atoms with Crippen LogP contribution in [0.1, 0.15) is 34.7 Å². The van der Waals surface area contributed by atoms with Crippen molar-refractivity contribution >= 4 is 11.8 Å². The Morgan fingerprint density at radius 1 is 1.62 bits per heavy atom. The van der Waals surface area contributed by atoms with Crippen molar-refractivity contribution in [3.63, 3.8) is 0 Å². The van der Waals surface area contributed by atoms with Gasteiger partial charge in [0.2, 0.25) is 0 Å². The van der Waals surface area contributed by atoms with Crippen LogP contribution in [0.2, 0.25) is 0 Å². The van der Waals surface area contributed by atoms with Crippen LogP contribution in [0.4, 0.5) is 0 Å². The first-order valence-corrected chi connectivity index (χ1v) is 4.98. The van der Waals surface area contributed by atoms with Crippen molar-refractivity contribution in [3.8, 4) is 0 Å². The maximum absolute atomic E-state index is 11.7. The van der Waals surface area contributed by atoms with Crippen LogP contribution in [0.5, 0.6) is 0 Å². The molecule has 0 aliphatic heterocycles. The van der Waals surface area contributed by atoms with E-state index >= 15 is 0 Å². The normalized spacial score (nSPS) is 12.2. The van der Waals surface area contributed by atoms with Crippen molar-refractivity contribution in [1.29, 1.82) is 0 Å². The largest absolute Gasteiger partial charge is 0.461 e. The maximum atomic E-state index is 11.7. The number of hydrogen-bond donors (Lipinski definition) is 1. The summed E-state index contributed by atoms with van der Waals surface area (Å²) in [5, 5.41) is 3.90. The second-order valence-electron chi connectivity index (χ2n) is 3.44. The second-order valence-corrected chi connectivity index (χ2v) is 3.44. The molecule has 1 aromatic rings. The van der Waals surface area contributed by atoms with Gasteiger partial charge in [-0.1, -0.05) is 0 Å². The molecule has 6 nitrogen and oxygen atoms in total. The van der Waals surface area contributed by atoms with Gasteiger partial charge in [0.1, 0.15) is 0 Å². The van der Waals surface area contributed by atoms with Gasteiger partial charge in [0.15, 0.2) is 11.5 Å². The summed E-state index contributed by atoms with van der Waals surface area (Å²) in [4.78, 5) is 23.2. The van der Waals surface area contributed by atoms with E-state index in [1.165, 1.54) is 10.9 Å². The number of nitrogens with zero attached hydrogens (tertiary/aromatic N) is 2. The lowest BCUT2D eigenvalue weighted by Crippen LogP contribution is -2.28. The molecule has 1 aromatic heterocycles. The number of carbonyl (C=O) groups is 2. The van der Waals surface area contributed by atoms with E-state index in [4.69, 9.17) is 10.5 Å². The molecule has 0 saturated heterocycles. The summed E-state index contributed by atoms with van der Waals surface area (Å²) in [7, 11) is 1.63. The molecule has 1 unspecified atom stereocenters. The summed E-state index contributed by atoms with van der Waals surface area (Å²) in [5.41, 5.74) is 5.71. The van der Waals surface area contributed by atoms with Gasteiger partial charge in [0.25, 0.3) is 0 Å². The molecule has 0 amide bonds. The third kappa shape index (κ3) is 2.46. The quantitative estimate of drug-likeness (QED) is 0.581. The molecule has 0 saturated carbocycles. The number of ketones is 1. The summed E-state index contributed by atoms with van der Waals surface area (Å²) >= 11 is 0. The fourth-order valence-electron chi connectivity index (χ4n) is 1.26. The molecule has 1 heterocycles. The summed E-state index contributed by atoms with van der Waals surface area (Å²) in [6.45, 7) is 3.49. The van der Waals surface area contributed by atoms with E-state index in [0.29, 0.717) is 0 Å². The van der Waals surface area contributed by atoms with Gasteiger partial charge in [-0.2, -0.15) is 5.10 Å². The van der Waals surface area contributed by atoms with Crippen molar-refractivity contribution < 1.29 is 14.3 Å². The summed E-state index contributed by atoms with van der Waals surface area (Å²) in [5.74, 6) is -0.928. The first-order chi connectivity index (χ1) is 7.47. The van der Waals surface area contributed by atoms with Crippen LogP contribution in [-0.4, -0.2) is 34.2 Å². The van der Waals surface area contributed by atoms with Gasteiger partial charge >= 0.3 is 5.97 Å². The average Bonchev–Trinajstić information content (AvgIpc) is 2.59. The third-order valence-corrected chi connectivity index (χ3v) is 1.98. The highest BCUT2D eigenvalue weighted by Gasteiger charge is 2.24. The number of aryl methyl sites for hydroxylation is 1. The minimum atomic E-state index is -0.669. The molecule has 0 radical (unpaired) electrons. The predicted octanol–water partition coefficient (Wildman–Crippen LogP) is 0.127. The number of hydrogen-bond acceptors (Lipinski definition) is 5. The van der Waals surface area contributed by atoms with E-state index in [9.17, 15) is 9.59 Å². The molecule has 0 aliphatic rings. The Labute approximate surface area is 93.4 Å². The second kappa shape index (κ2) is 4.89. The maximum Gasteiger partial charge on any atom is 0.359 e. The molecule has 2 N–H and O–H groups in total. The number of ether oxygens (including phenoxy) is 1. The van der Waals surface area contributed by atoms with Gasteiger partial charge in [0.05, 0.1) is 18.2 Å². The zero-order valence-electron chi connectivity index (χ0n) is 9.56. The van der Waals surface area contributed by atoms with Crippen molar-refractivity contribution in [2.75, 3.05) is 6.61 Å². The molecule has 88 valence electrons. The van der Waals surface area contributed by atoms with Gasteiger partial charge in [-0.3, -0.25) is 9.48 Å². The highest BCUT2D eigenvalue weighted by Crippen LogP contribution is 2.10. The Morgan fingerprint density at radius 2 is 2.25 bits per heavy atom. The van der Waals surface area contributed by atoms with Gasteiger partial charge < -0.3 is 10.5 Å². The smallest absolute Gasteiger partial charge is 0.359 e. The number of esters is 1. The van der Waals surface area contributed by atoms with E-state index in [1.54, 1.807) is 20.9 Å². The lowest BCUT2D eigenvalue weighted by atomic mass is 10.1. The monoisotopic (exact) mass is 225 g/mol.